The van der Waals surface area contributed by atoms with Crippen LogP contribution >= 0.6 is 0 Å². The first kappa shape index (κ1) is 12.1. The molecule has 0 aliphatic carbocycles. The van der Waals surface area contributed by atoms with Crippen LogP contribution in [0.5, 0.6) is 0 Å². The van der Waals surface area contributed by atoms with Crippen molar-refractivity contribution in [1.29, 1.82) is 0 Å². The lowest BCUT2D eigenvalue weighted by Gasteiger charge is -2.34. The summed E-state index contributed by atoms with van der Waals surface area (Å²) in [6.45, 7) is 8.42. The van der Waals surface area contributed by atoms with Crippen LogP contribution in [0.4, 0.5) is 0 Å². The van der Waals surface area contributed by atoms with Gasteiger partial charge in [0.25, 0.3) is 5.91 Å². The second kappa shape index (κ2) is 4.49. The van der Waals surface area contributed by atoms with Crippen molar-refractivity contribution in [2.75, 3.05) is 19.6 Å². The highest BCUT2D eigenvalue weighted by molar-refractivity contribution is 5.96. The Labute approximate surface area is 102 Å². The molecular formula is C12H20N4O. The summed E-state index contributed by atoms with van der Waals surface area (Å²) in [6, 6.07) is 0.246. The molecule has 0 radical (unpaired) electrons. The van der Waals surface area contributed by atoms with Gasteiger partial charge in [-0.05, 0) is 20.8 Å². The summed E-state index contributed by atoms with van der Waals surface area (Å²) in [6.07, 6.45) is 0. The zero-order valence-electron chi connectivity index (χ0n) is 10.9. The predicted molar refractivity (Wildman–Crippen MR) is 66.1 cm³/mol. The van der Waals surface area contributed by atoms with Gasteiger partial charge >= 0.3 is 0 Å². The predicted octanol–water partition coefficient (Wildman–Crippen LogP) is 0.471. The summed E-state index contributed by atoms with van der Waals surface area (Å²) in [7, 11) is 1.88. The zero-order chi connectivity index (χ0) is 12.6. The Morgan fingerprint density at radius 3 is 2.71 bits per heavy atom. The number of carbonyl (C=O) groups excluding carboxylic acids is 1. The maximum absolute atomic E-state index is 12.5. The fourth-order valence-corrected chi connectivity index (χ4v) is 2.37. The zero-order valence-corrected chi connectivity index (χ0v) is 10.9. The molecule has 1 aromatic rings. The van der Waals surface area contributed by atoms with E-state index in [2.05, 4.69) is 17.3 Å². The number of hydrogen-bond donors (Lipinski definition) is 1. The van der Waals surface area contributed by atoms with E-state index in [4.69, 9.17) is 0 Å². The van der Waals surface area contributed by atoms with Gasteiger partial charge in [-0.15, -0.1) is 0 Å². The van der Waals surface area contributed by atoms with E-state index in [0.717, 1.165) is 36.6 Å². The van der Waals surface area contributed by atoms with Gasteiger partial charge in [0.1, 0.15) is 0 Å². The van der Waals surface area contributed by atoms with E-state index in [1.54, 1.807) is 4.68 Å². The number of piperazine rings is 1. The lowest BCUT2D eigenvalue weighted by atomic mass is 10.1. The van der Waals surface area contributed by atoms with E-state index in [-0.39, 0.29) is 11.9 Å². The van der Waals surface area contributed by atoms with Crippen LogP contribution in [-0.4, -0.2) is 46.3 Å². The van der Waals surface area contributed by atoms with E-state index < -0.39 is 0 Å². The molecule has 1 amide bonds. The average Bonchev–Trinajstić information content (AvgIpc) is 2.53. The molecule has 0 aromatic carbocycles. The summed E-state index contributed by atoms with van der Waals surface area (Å²) in [4.78, 5) is 14.4. The van der Waals surface area contributed by atoms with Crippen LogP contribution in [0, 0.1) is 13.8 Å². The van der Waals surface area contributed by atoms with Gasteiger partial charge in [0, 0.05) is 38.4 Å². The van der Waals surface area contributed by atoms with Gasteiger partial charge in [-0.25, -0.2) is 0 Å². The van der Waals surface area contributed by atoms with Gasteiger partial charge in [-0.3, -0.25) is 9.48 Å². The van der Waals surface area contributed by atoms with Crippen molar-refractivity contribution in [1.82, 2.24) is 20.0 Å². The van der Waals surface area contributed by atoms with Crippen molar-refractivity contribution in [2.45, 2.75) is 26.8 Å². The number of aromatic nitrogens is 2. The molecule has 1 aliphatic rings. The molecule has 17 heavy (non-hydrogen) atoms. The molecule has 1 N–H and O–H groups in total. The van der Waals surface area contributed by atoms with Crippen LogP contribution in [0.25, 0.3) is 0 Å². The number of aryl methyl sites for hydroxylation is 2. The smallest absolute Gasteiger partial charge is 0.257 e. The molecule has 2 heterocycles. The van der Waals surface area contributed by atoms with E-state index in [0.29, 0.717) is 0 Å². The number of nitrogens with one attached hydrogen (secondary N) is 1. The molecular weight excluding hydrogens is 216 g/mol. The van der Waals surface area contributed by atoms with Gasteiger partial charge < -0.3 is 10.2 Å². The molecule has 5 heteroatoms. The molecule has 0 saturated carbocycles. The van der Waals surface area contributed by atoms with Gasteiger partial charge in [0.2, 0.25) is 0 Å². The number of nitrogens with zero attached hydrogens (tertiary/aromatic N) is 3. The van der Waals surface area contributed by atoms with Crippen molar-refractivity contribution in [3.8, 4) is 0 Å². The third-order valence-electron chi connectivity index (χ3n) is 3.49. The van der Waals surface area contributed by atoms with E-state index in [1.165, 1.54) is 0 Å². The summed E-state index contributed by atoms with van der Waals surface area (Å²) in [5, 5.41) is 7.60. The van der Waals surface area contributed by atoms with E-state index >= 15 is 0 Å². The highest BCUT2D eigenvalue weighted by atomic mass is 16.2. The van der Waals surface area contributed by atoms with E-state index in [9.17, 15) is 4.79 Å². The molecule has 5 nitrogen and oxygen atoms in total. The molecule has 0 unspecified atom stereocenters. The van der Waals surface area contributed by atoms with Crippen LogP contribution in [0.3, 0.4) is 0 Å². The van der Waals surface area contributed by atoms with Gasteiger partial charge in [0.15, 0.2) is 0 Å². The third kappa shape index (κ3) is 2.07. The Bertz CT molecular complexity index is 438. The standard InChI is InChI=1S/C12H20N4O/c1-8-7-13-5-6-16(8)12(17)11-9(2)14-15(4)10(11)3/h8,13H,5-7H2,1-4H3/t8-/m0/s1. The Morgan fingerprint density at radius 2 is 2.18 bits per heavy atom. The fourth-order valence-electron chi connectivity index (χ4n) is 2.37. The minimum atomic E-state index is 0.113. The summed E-state index contributed by atoms with van der Waals surface area (Å²) in [5.74, 6) is 0.113. The minimum Gasteiger partial charge on any atom is -0.333 e. The molecule has 1 fully saturated rings. The molecule has 1 saturated heterocycles. The molecule has 0 bridgehead atoms. The molecule has 94 valence electrons. The van der Waals surface area contributed by atoms with Crippen LogP contribution in [-0.2, 0) is 7.05 Å². The monoisotopic (exact) mass is 236 g/mol. The summed E-state index contributed by atoms with van der Waals surface area (Å²) >= 11 is 0. The molecule has 0 spiro atoms. The van der Waals surface area contributed by atoms with E-state index in [1.807, 2.05) is 25.8 Å². The molecule has 1 aromatic heterocycles. The Kier molecular flexibility index (Phi) is 3.19. The third-order valence-corrected chi connectivity index (χ3v) is 3.49. The minimum absolute atomic E-state index is 0.113. The summed E-state index contributed by atoms with van der Waals surface area (Å²) in [5.41, 5.74) is 2.53. The number of rotatable bonds is 1. The van der Waals surface area contributed by atoms with Gasteiger partial charge in [-0.1, -0.05) is 0 Å². The van der Waals surface area contributed by atoms with Crippen LogP contribution in [0.2, 0.25) is 0 Å². The van der Waals surface area contributed by atoms with Crippen molar-refractivity contribution in [3.63, 3.8) is 0 Å². The van der Waals surface area contributed by atoms with Crippen LogP contribution in [0.1, 0.15) is 28.7 Å². The topological polar surface area (TPSA) is 50.2 Å². The maximum Gasteiger partial charge on any atom is 0.257 e. The lowest BCUT2D eigenvalue weighted by Crippen LogP contribution is -2.52. The normalized spacial score (nSPS) is 20.7. The lowest BCUT2D eigenvalue weighted by molar-refractivity contribution is 0.0654. The van der Waals surface area contributed by atoms with Crippen molar-refractivity contribution in [3.05, 3.63) is 17.0 Å². The van der Waals surface area contributed by atoms with Crippen molar-refractivity contribution < 1.29 is 4.79 Å². The molecule has 1 atom stereocenters. The van der Waals surface area contributed by atoms with Crippen LogP contribution in [0.15, 0.2) is 0 Å². The second-order valence-electron chi connectivity index (χ2n) is 4.72. The first-order chi connectivity index (χ1) is 8.02. The first-order valence-corrected chi connectivity index (χ1v) is 6.04. The van der Waals surface area contributed by atoms with Crippen molar-refractivity contribution in [2.24, 2.45) is 7.05 Å². The highest BCUT2D eigenvalue weighted by Crippen LogP contribution is 2.17. The highest BCUT2D eigenvalue weighted by Gasteiger charge is 2.27. The molecule has 2 rings (SSSR count). The van der Waals surface area contributed by atoms with Crippen molar-refractivity contribution >= 4 is 5.91 Å². The largest absolute Gasteiger partial charge is 0.333 e. The quantitative estimate of drug-likeness (QED) is 0.771. The average molecular weight is 236 g/mol. The second-order valence-corrected chi connectivity index (χ2v) is 4.72. The Morgan fingerprint density at radius 1 is 1.47 bits per heavy atom. The fraction of sp³-hybridized carbons (Fsp3) is 0.667. The maximum atomic E-state index is 12.5. The first-order valence-electron chi connectivity index (χ1n) is 6.04. The summed E-state index contributed by atoms with van der Waals surface area (Å²) < 4.78 is 1.77. The Balaban J connectivity index is 2.30. The van der Waals surface area contributed by atoms with Gasteiger partial charge in [0.05, 0.1) is 11.3 Å². The number of carbonyl (C=O) groups is 1. The number of amides is 1. The number of hydrogen-bond acceptors (Lipinski definition) is 3. The van der Waals surface area contributed by atoms with Crippen LogP contribution < -0.4 is 5.32 Å². The Hall–Kier alpha value is -1.36. The molecule has 1 aliphatic heterocycles. The SMILES string of the molecule is Cc1nn(C)c(C)c1C(=O)N1CCNC[C@@H]1C. The van der Waals surface area contributed by atoms with Gasteiger partial charge in [-0.2, -0.15) is 5.10 Å².